The summed E-state index contributed by atoms with van der Waals surface area (Å²) in [6.07, 6.45) is 3.40. The highest BCUT2D eigenvalue weighted by Crippen LogP contribution is 2.22. The molecule has 0 atom stereocenters. The van der Waals surface area contributed by atoms with Gasteiger partial charge in [0.2, 0.25) is 0 Å². The topological polar surface area (TPSA) is 29.1 Å². The summed E-state index contributed by atoms with van der Waals surface area (Å²) >= 11 is 11.9. The van der Waals surface area contributed by atoms with Crippen molar-refractivity contribution < 1.29 is 4.79 Å². The second-order valence-corrected chi connectivity index (χ2v) is 5.72. The lowest BCUT2D eigenvalue weighted by Gasteiger charge is -2.08. The van der Waals surface area contributed by atoms with E-state index in [1.54, 1.807) is 18.2 Å². The molecule has 0 spiro atoms. The Balaban J connectivity index is 2.07. The van der Waals surface area contributed by atoms with Gasteiger partial charge in [-0.05, 0) is 48.7 Å². The van der Waals surface area contributed by atoms with E-state index >= 15 is 0 Å². The Hall–Kier alpha value is -1.51. The first kappa shape index (κ1) is 15.9. The standard InChI is InChI=1S/C17H17Cl2NO/c1-2-3-4-12-5-8-14(9-6-12)20-17(21)15-11-13(18)7-10-16(15)19/h5-11H,2-4H2,1H3,(H,20,21). The van der Waals surface area contributed by atoms with Crippen molar-refractivity contribution in [1.29, 1.82) is 0 Å². The summed E-state index contributed by atoms with van der Waals surface area (Å²) in [7, 11) is 0. The Morgan fingerprint density at radius 2 is 1.81 bits per heavy atom. The summed E-state index contributed by atoms with van der Waals surface area (Å²) < 4.78 is 0. The number of hydrogen-bond acceptors (Lipinski definition) is 1. The third kappa shape index (κ3) is 4.48. The van der Waals surface area contributed by atoms with Gasteiger partial charge in [0.1, 0.15) is 0 Å². The normalized spacial score (nSPS) is 10.4. The maximum atomic E-state index is 12.2. The lowest BCUT2D eigenvalue weighted by atomic mass is 10.1. The van der Waals surface area contributed by atoms with Gasteiger partial charge in [0, 0.05) is 10.7 Å². The number of rotatable bonds is 5. The van der Waals surface area contributed by atoms with Crippen LogP contribution in [0.1, 0.15) is 35.7 Å². The molecule has 2 aromatic carbocycles. The monoisotopic (exact) mass is 321 g/mol. The predicted molar refractivity (Wildman–Crippen MR) is 89.5 cm³/mol. The third-order valence-electron chi connectivity index (χ3n) is 3.20. The van der Waals surface area contributed by atoms with Crippen LogP contribution in [0.2, 0.25) is 10.0 Å². The van der Waals surface area contributed by atoms with Crippen molar-refractivity contribution in [3.8, 4) is 0 Å². The van der Waals surface area contributed by atoms with Crippen LogP contribution in [0.3, 0.4) is 0 Å². The predicted octanol–water partition coefficient (Wildman–Crippen LogP) is 5.59. The van der Waals surface area contributed by atoms with Crippen molar-refractivity contribution in [1.82, 2.24) is 0 Å². The quantitative estimate of drug-likeness (QED) is 0.764. The van der Waals surface area contributed by atoms with E-state index in [-0.39, 0.29) is 5.91 Å². The molecular formula is C17H17Cl2NO. The van der Waals surface area contributed by atoms with E-state index in [0.717, 1.165) is 12.1 Å². The molecule has 0 bridgehead atoms. The van der Waals surface area contributed by atoms with Crippen LogP contribution in [0, 0.1) is 0 Å². The molecule has 0 radical (unpaired) electrons. The zero-order valence-electron chi connectivity index (χ0n) is 11.8. The Kier molecular flexibility index (Phi) is 5.66. The van der Waals surface area contributed by atoms with Crippen LogP contribution >= 0.6 is 23.2 Å². The minimum atomic E-state index is -0.260. The van der Waals surface area contributed by atoms with Crippen LogP contribution in [-0.4, -0.2) is 5.91 Å². The van der Waals surface area contributed by atoms with Gasteiger partial charge in [-0.3, -0.25) is 4.79 Å². The van der Waals surface area contributed by atoms with E-state index in [4.69, 9.17) is 23.2 Å². The Bertz CT molecular complexity index is 623. The molecule has 0 aliphatic rings. The molecule has 0 saturated heterocycles. The van der Waals surface area contributed by atoms with Crippen LogP contribution in [-0.2, 0) is 6.42 Å². The minimum absolute atomic E-state index is 0.260. The average molecular weight is 322 g/mol. The molecule has 1 N–H and O–H groups in total. The highest BCUT2D eigenvalue weighted by atomic mass is 35.5. The second kappa shape index (κ2) is 7.48. The SMILES string of the molecule is CCCCc1ccc(NC(=O)c2cc(Cl)ccc2Cl)cc1. The fraction of sp³-hybridized carbons (Fsp3) is 0.235. The number of benzene rings is 2. The van der Waals surface area contributed by atoms with Crippen molar-refractivity contribution in [2.45, 2.75) is 26.2 Å². The molecule has 0 aromatic heterocycles. The number of nitrogens with one attached hydrogen (secondary N) is 1. The van der Waals surface area contributed by atoms with E-state index in [0.29, 0.717) is 15.6 Å². The number of anilines is 1. The smallest absolute Gasteiger partial charge is 0.257 e. The zero-order chi connectivity index (χ0) is 15.2. The maximum Gasteiger partial charge on any atom is 0.257 e. The van der Waals surface area contributed by atoms with Gasteiger partial charge >= 0.3 is 0 Å². The first-order valence-corrected chi connectivity index (χ1v) is 7.71. The van der Waals surface area contributed by atoms with Gasteiger partial charge in [-0.2, -0.15) is 0 Å². The van der Waals surface area contributed by atoms with Crippen LogP contribution in [0.4, 0.5) is 5.69 Å². The maximum absolute atomic E-state index is 12.2. The number of carbonyl (C=O) groups excluding carboxylic acids is 1. The summed E-state index contributed by atoms with van der Waals surface area (Å²) in [5.74, 6) is -0.260. The van der Waals surface area contributed by atoms with E-state index in [9.17, 15) is 4.79 Å². The number of carbonyl (C=O) groups is 1. The van der Waals surface area contributed by atoms with Gasteiger partial charge < -0.3 is 5.32 Å². The Labute approximate surface area is 135 Å². The van der Waals surface area contributed by atoms with Crippen LogP contribution in [0.5, 0.6) is 0 Å². The van der Waals surface area contributed by atoms with Crippen LogP contribution in [0.15, 0.2) is 42.5 Å². The number of amides is 1. The zero-order valence-corrected chi connectivity index (χ0v) is 13.3. The summed E-state index contributed by atoms with van der Waals surface area (Å²) in [6, 6.07) is 12.7. The molecule has 0 heterocycles. The molecule has 0 fully saturated rings. The van der Waals surface area contributed by atoms with E-state index in [2.05, 4.69) is 12.2 Å². The summed E-state index contributed by atoms with van der Waals surface area (Å²) in [6.45, 7) is 2.17. The second-order valence-electron chi connectivity index (χ2n) is 4.88. The van der Waals surface area contributed by atoms with Gasteiger partial charge in [-0.15, -0.1) is 0 Å². The molecule has 0 saturated carbocycles. The van der Waals surface area contributed by atoms with Gasteiger partial charge in [-0.25, -0.2) is 0 Å². The highest BCUT2D eigenvalue weighted by Gasteiger charge is 2.11. The first-order chi connectivity index (χ1) is 10.1. The first-order valence-electron chi connectivity index (χ1n) is 6.95. The molecule has 21 heavy (non-hydrogen) atoms. The van der Waals surface area contributed by atoms with Crippen molar-refractivity contribution in [2.75, 3.05) is 5.32 Å². The largest absolute Gasteiger partial charge is 0.322 e. The molecule has 0 aliphatic carbocycles. The molecule has 110 valence electrons. The molecule has 2 nitrogen and oxygen atoms in total. The van der Waals surface area contributed by atoms with E-state index < -0.39 is 0 Å². The fourth-order valence-corrected chi connectivity index (χ4v) is 2.38. The lowest BCUT2D eigenvalue weighted by Crippen LogP contribution is -2.12. The van der Waals surface area contributed by atoms with Gasteiger partial charge in [0.05, 0.1) is 10.6 Å². The lowest BCUT2D eigenvalue weighted by molar-refractivity contribution is 0.102. The van der Waals surface area contributed by atoms with E-state index in [1.165, 1.54) is 18.4 Å². The highest BCUT2D eigenvalue weighted by molar-refractivity contribution is 6.36. The minimum Gasteiger partial charge on any atom is -0.322 e. The Morgan fingerprint density at radius 3 is 2.48 bits per heavy atom. The fourth-order valence-electron chi connectivity index (χ4n) is 2.01. The summed E-state index contributed by atoms with van der Waals surface area (Å²) in [4.78, 5) is 12.2. The number of halogens is 2. The van der Waals surface area contributed by atoms with Gasteiger partial charge in [0.15, 0.2) is 0 Å². The third-order valence-corrected chi connectivity index (χ3v) is 3.77. The van der Waals surface area contributed by atoms with Crippen molar-refractivity contribution in [2.24, 2.45) is 0 Å². The van der Waals surface area contributed by atoms with Crippen LogP contribution < -0.4 is 5.32 Å². The average Bonchev–Trinajstić information content (AvgIpc) is 2.49. The molecule has 2 rings (SSSR count). The van der Waals surface area contributed by atoms with Crippen LogP contribution in [0.25, 0.3) is 0 Å². The van der Waals surface area contributed by atoms with Crippen molar-refractivity contribution in [3.63, 3.8) is 0 Å². The Morgan fingerprint density at radius 1 is 1.10 bits per heavy atom. The van der Waals surface area contributed by atoms with Gasteiger partial charge in [-0.1, -0.05) is 48.7 Å². The summed E-state index contributed by atoms with van der Waals surface area (Å²) in [5.41, 5.74) is 2.39. The molecule has 1 amide bonds. The number of aryl methyl sites for hydroxylation is 1. The van der Waals surface area contributed by atoms with Gasteiger partial charge in [0.25, 0.3) is 5.91 Å². The molecule has 2 aromatic rings. The van der Waals surface area contributed by atoms with Crippen molar-refractivity contribution in [3.05, 3.63) is 63.6 Å². The molecule has 4 heteroatoms. The molecule has 0 aliphatic heterocycles. The summed E-state index contributed by atoms with van der Waals surface area (Å²) in [5, 5.41) is 3.70. The molecule has 0 unspecified atom stereocenters. The van der Waals surface area contributed by atoms with Crippen molar-refractivity contribution >= 4 is 34.8 Å². The van der Waals surface area contributed by atoms with E-state index in [1.807, 2.05) is 24.3 Å². The molecular weight excluding hydrogens is 305 g/mol. The number of unbranched alkanes of at least 4 members (excludes halogenated alkanes) is 1. The number of hydrogen-bond donors (Lipinski definition) is 1.